The first-order valence-corrected chi connectivity index (χ1v) is 8.54. The molecular weight excluding hydrogens is 310 g/mol. The Balaban J connectivity index is 1.69. The van der Waals surface area contributed by atoms with E-state index in [0.717, 1.165) is 35.6 Å². The summed E-state index contributed by atoms with van der Waals surface area (Å²) in [5.41, 5.74) is 2.62. The van der Waals surface area contributed by atoms with Gasteiger partial charge in [0.1, 0.15) is 0 Å². The van der Waals surface area contributed by atoms with E-state index in [9.17, 15) is 9.59 Å². The molecule has 0 atom stereocenters. The van der Waals surface area contributed by atoms with Crippen molar-refractivity contribution in [3.05, 3.63) is 41.3 Å². The first kappa shape index (κ1) is 15.6. The molecule has 2 aromatic rings. The molecule has 2 N–H and O–H groups in total. The van der Waals surface area contributed by atoms with Crippen LogP contribution in [0.4, 0.5) is 21.2 Å². The van der Waals surface area contributed by atoms with Crippen molar-refractivity contribution in [3.63, 3.8) is 0 Å². The van der Waals surface area contributed by atoms with Crippen LogP contribution in [0, 0.1) is 6.92 Å². The van der Waals surface area contributed by atoms with Gasteiger partial charge in [-0.25, -0.2) is 4.79 Å². The van der Waals surface area contributed by atoms with Crippen LogP contribution in [0.1, 0.15) is 24.8 Å². The Morgan fingerprint density at radius 3 is 2.78 bits per heavy atom. The number of carbonyl (C=O) groups is 2. The molecule has 120 valence electrons. The highest BCUT2D eigenvalue weighted by atomic mass is 32.1. The maximum absolute atomic E-state index is 12.0. The topological polar surface area (TPSA) is 61.4 Å². The van der Waals surface area contributed by atoms with E-state index in [1.165, 1.54) is 11.3 Å². The second-order valence-corrected chi connectivity index (χ2v) is 6.51. The number of urea groups is 1. The highest BCUT2D eigenvalue weighted by molar-refractivity contribution is 7.14. The number of aryl methyl sites for hydroxylation is 1. The summed E-state index contributed by atoms with van der Waals surface area (Å²) in [6.07, 6.45) is 2.62. The average molecular weight is 329 g/mol. The van der Waals surface area contributed by atoms with Crippen LogP contribution in [0.25, 0.3) is 0 Å². The number of amides is 3. The fourth-order valence-corrected chi connectivity index (χ4v) is 3.33. The van der Waals surface area contributed by atoms with Crippen molar-refractivity contribution >= 4 is 39.7 Å². The van der Waals surface area contributed by atoms with Gasteiger partial charge in [-0.2, -0.15) is 0 Å². The molecule has 1 aliphatic rings. The number of hydrogen-bond acceptors (Lipinski definition) is 3. The van der Waals surface area contributed by atoms with Crippen LogP contribution in [0.2, 0.25) is 0 Å². The number of anilines is 3. The van der Waals surface area contributed by atoms with Gasteiger partial charge in [0.2, 0.25) is 5.91 Å². The van der Waals surface area contributed by atoms with Crippen molar-refractivity contribution in [2.45, 2.75) is 26.2 Å². The second kappa shape index (κ2) is 6.83. The lowest BCUT2D eigenvalue weighted by Crippen LogP contribution is -2.35. The maximum atomic E-state index is 12.0. The predicted octanol–water partition coefficient (Wildman–Crippen LogP) is 4.22. The minimum absolute atomic E-state index is 0.176. The van der Waals surface area contributed by atoms with Crippen molar-refractivity contribution in [1.29, 1.82) is 0 Å². The van der Waals surface area contributed by atoms with Crippen LogP contribution in [0.15, 0.2) is 35.7 Å². The molecule has 2 heterocycles. The van der Waals surface area contributed by atoms with Gasteiger partial charge in [0.25, 0.3) is 0 Å². The monoisotopic (exact) mass is 329 g/mol. The summed E-state index contributed by atoms with van der Waals surface area (Å²) in [7, 11) is 0. The van der Waals surface area contributed by atoms with Crippen molar-refractivity contribution in [3.8, 4) is 0 Å². The van der Waals surface area contributed by atoms with Gasteiger partial charge in [0, 0.05) is 24.3 Å². The molecule has 0 spiro atoms. The largest absolute Gasteiger partial charge is 0.324 e. The molecule has 23 heavy (non-hydrogen) atoms. The van der Waals surface area contributed by atoms with Crippen molar-refractivity contribution in [1.82, 2.24) is 0 Å². The molecule has 0 bridgehead atoms. The lowest BCUT2D eigenvalue weighted by atomic mass is 10.1. The molecule has 3 amide bonds. The first-order chi connectivity index (χ1) is 11.1. The van der Waals surface area contributed by atoms with Crippen LogP contribution in [-0.4, -0.2) is 18.5 Å². The summed E-state index contributed by atoms with van der Waals surface area (Å²) in [6, 6.07) is 9.09. The zero-order chi connectivity index (χ0) is 16.2. The Labute approximate surface area is 139 Å². The number of carbonyl (C=O) groups excluding carboxylic acids is 2. The van der Waals surface area contributed by atoms with Crippen LogP contribution < -0.4 is 15.5 Å². The number of rotatable bonds is 3. The first-order valence-electron chi connectivity index (χ1n) is 7.66. The normalized spacial score (nSPS) is 14.7. The summed E-state index contributed by atoms with van der Waals surface area (Å²) in [5.74, 6) is 0.176. The fourth-order valence-electron chi connectivity index (χ4n) is 2.72. The van der Waals surface area contributed by atoms with E-state index in [0.29, 0.717) is 12.1 Å². The Morgan fingerprint density at radius 2 is 2.09 bits per heavy atom. The lowest BCUT2D eigenvalue weighted by molar-refractivity contribution is -0.119. The quantitative estimate of drug-likeness (QED) is 0.886. The van der Waals surface area contributed by atoms with Gasteiger partial charge in [0.05, 0.1) is 5.00 Å². The molecule has 1 saturated heterocycles. The average Bonchev–Trinajstić information content (AvgIpc) is 3.01. The minimum atomic E-state index is -0.270. The Hall–Kier alpha value is -2.34. The third-order valence-electron chi connectivity index (χ3n) is 3.83. The van der Waals surface area contributed by atoms with E-state index in [-0.39, 0.29) is 11.9 Å². The molecule has 1 aromatic heterocycles. The zero-order valence-electron chi connectivity index (χ0n) is 13.0. The molecule has 0 saturated carbocycles. The molecule has 1 aromatic carbocycles. The summed E-state index contributed by atoms with van der Waals surface area (Å²) in [6.45, 7) is 2.73. The van der Waals surface area contributed by atoms with Gasteiger partial charge >= 0.3 is 6.03 Å². The summed E-state index contributed by atoms with van der Waals surface area (Å²) in [4.78, 5) is 25.8. The highest BCUT2D eigenvalue weighted by Gasteiger charge is 2.21. The van der Waals surface area contributed by atoms with Gasteiger partial charge in [0.15, 0.2) is 0 Å². The number of benzene rings is 1. The highest BCUT2D eigenvalue weighted by Crippen LogP contribution is 2.27. The molecule has 5 nitrogen and oxygen atoms in total. The molecule has 1 fully saturated rings. The number of thiophene rings is 1. The number of nitrogens with zero attached hydrogens (tertiary/aromatic N) is 1. The van der Waals surface area contributed by atoms with E-state index in [1.54, 1.807) is 0 Å². The summed E-state index contributed by atoms with van der Waals surface area (Å²) < 4.78 is 0. The van der Waals surface area contributed by atoms with Gasteiger partial charge < -0.3 is 10.2 Å². The van der Waals surface area contributed by atoms with Gasteiger partial charge in [-0.1, -0.05) is 0 Å². The summed E-state index contributed by atoms with van der Waals surface area (Å²) >= 11 is 1.47. The Bertz CT molecular complexity index is 713. The van der Waals surface area contributed by atoms with Gasteiger partial charge in [-0.05, 0) is 61.0 Å². The standard InChI is InChI=1S/C17H19N3O2S/c1-12-11-13(18-17(22)19-15-5-4-10-23-15)7-8-14(12)20-9-3-2-6-16(20)21/h4-5,7-8,10-11H,2-3,6,9H2,1H3,(H2,18,19,22). The van der Waals surface area contributed by atoms with E-state index in [2.05, 4.69) is 10.6 Å². The van der Waals surface area contributed by atoms with Gasteiger partial charge in [-0.3, -0.25) is 10.1 Å². The molecule has 0 aliphatic carbocycles. The molecule has 1 aliphatic heterocycles. The van der Waals surface area contributed by atoms with Crippen LogP contribution in [0.3, 0.4) is 0 Å². The molecule has 3 rings (SSSR count). The molecular formula is C17H19N3O2S. The maximum Gasteiger partial charge on any atom is 0.324 e. The van der Waals surface area contributed by atoms with Gasteiger partial charge in [-0.15, -0.1) is 11.3 Å². The number of hydrogen-bond donors (Lipinski definition) is 2. The Kier molecular flexibility index (Phi) is 4.62. The van der Waals surface area contributed by atoms with Crippen molar-refractivity contribution in [2.75, 3.05) is 22.1 Å². The third-order valence-corrected chi connectivity index (χ3v) is 4.61. The lowest BCUT2D eigenvalue weighted by Gasteiger charge is -2.28. The van der Waals surface area contributed by atoms with Crippen molar-refractivity contribution in [2.24, 2.45) is 0 Å². The Morgan fingerprint density at radius 1 is 1.22 bits per heavy atom. The smallest absolute Gasteiger partial charge is 0.312 e. The SMILES string of the molecule is Cc1cc(NC(=O)Nc2cccs2)ccc1N1CCCCC1=O. The number of piperidine rings is 1. The molecule has 0 radical (unpaired) electrons. The van der Waals surface area contributed by atoms with E-state index in [4.69, 9.17) is 0 Å². The van der Waals surface area contributed by atoms with Crippen LogP contribution in [-0.2, 0) is 4.79 Å². The van der Waals surface area contributed by atoms with Crippen molar-refractivity contribution < 1.29 is 9.59 Å². The molecule has 0 unspecified atom stereocenters. The summed E-state index contributed by atoms with van der Waals surface area (Å²) in [5, 5.41) is 8.30. The number of nitrogens with one attached hydrogen (secondary N) is 2. The van der Waals surface area contributed by atoms with Crippen LogP contribution >= 0.6 is 11.3 Å². The van der Waals surface area contributed by atoms with E-state index >= 15 is 0 Å². The predicted molar refractivity (Wildman–Crippen MR) is 94.3 cm³/mol. The second-order valence-electron chi connectivity index (χ2n) is 5.56. The fraction of sp³-hybridized carbons (Fsp3) is 0.294. The third kappa shape index (κ3) is 3.71. The van der Waals surface area contributed by atoms with E-state index in [1.807, 2.05) is 47.5 Å². The minimum Gasteiger partial charge on any atom is -0.312 e. The van der Waals surface area contributed by atoms with E-state index < -0.39 is 0 Å². The zero-order valence-corrected chi connectivity index (χ0v) is 13.8. The molecule has 6 heteroatoms. The van der Waals surface area contributed by atoms with Crippen LogP contribution in [0.5, 0.6) is 0 Å².